The van der Waals surface area contributed by atoms with Gasteiger partial charge in [0.15, 0.2) is 11.6 Å². The molecule has 1 aromatic heterocycles. The van der Waals surface area contributed by atoms with Gasteiger partial charge in [0.25, 0.3) is 0 Å². The minimum Gasteiger partial charge on any atom is -0.394 e. The number of rotatable bonds is 54. The summed E-state index contributed by atoms with van der Waals surface area (Å²) < 4.78 is 28.9. The van der Waals surface area contributed by atoms with Crippen LogP contribution in [0.3, 0.4) is 0 Å². The lowest BCUT2D eigenvalue weighted by Gasteiger charge is -2.36. The lowest BCUT2D eigenvalue weighted by molar-refractivity contribution is -0.146. The first-order chi connectivity index (χ1) is 68.2. The first-order valence-corrected chi connectivity index (χ1v) is 49.0. The predicted octanol–water partition coefficient (Wildman–Crippen LogP) is -3.03. The van der Waals surface area contributed by atoms with E-state index < -0.39 is 303 Å². The van der Waals surface area contributed by atoms with Gasteiger partial charge in [-0.05, 0) is 218 Å². The minimum atomic E-state index is -1.92. The maximum atomic E-state index is 14.6. The number of hydrogen-bond acceptors (Lipinski definition) is 25. The molecule has 2 fully saturated rings. The lowest BCUT2D eigenvalue weighted by Crippen LogP contribution is -2.66. The monoisotopic (exact) mass is 2080 g/mol. The molecule has 0 saturated carbocycles. The average molecular weight is 2090 g/mol. The van der Waals surface area contributed by atoms with E-state index in [4.69, 9.17) is 17.2 Å². The van der Waals surface area contributed by atoms with Crippen LogP contribution in [0.2, 0.25) is 0 Å². The van der Waals surface area contributed by atoms with Gasteiger partial charge in [-0.1, -0.05) is 77.1 Å². The van der Waals surface area contributed by atoms with Crippen LogP contribution in [0, 0.1) is 35.3 Å². The molecule has 3 heterocycles. The number of halogens is 2. The van der Waals surface area contributed by atoms with E-state index in [2.05, 4.69) is 101 Å². The molecule has 0 aliphatic carbocycles. The van der Waals surface area contributed by atoms with E-state index in [1.54, 1.807) is 85.7 Å². The van der Waals surface area contributed by atoms with Crippen molar-refractivity contribution in [3.8, 4) is 11.3 Å². The second-order valence-electron chi connectivity index (χ2n) is 42.9. The standard InChI is InChI=1S/C98H151F2N25O23/c1-50(2)43-64(79(137)117-97(21,22)89(147)124-41-28-31-66(124)80(138)112-71(51(3)4)81(139)119-96(19,20)88(146)120-95(17,18)86(144)111-62(35-38-68(102)128)77(135)110-61(34-37-67(101)127)76(134)107-58(49-126)44-55-29-26-25-27-30-55)108-70(130)46-104-83(141)91(9,10)118-82(140)72(52(5)6)113-87(145)94(15,16)116-78(136)63(36-39-69(103)129)109-73(131)53(7)105-84(142)92(11,12)114-74(132)54(8)106-85(143)93(13,14)115-75(133)57-40-42-123(47-57)90(148)98(23,24)125-48-65(121-122-125)56-32-33-59(99)60(100)45-56/h25-27,29-30,32-33,45,48,50-54,57-58,61-64,66,71-72,126H,28,31,34-44,46-47,49H2,1-24H3,(H2,101,127)(H2,102,128)(H2,103,129)(H,104,141)(H,105,142)(H,106,143)(H,107,134)(H,108,130)(H,109,131)(H,110,135)(H,111,144)(H,112,138)(H,113,145)(H,114,132)(H,115,133)(H,116,136)(H,117,137)(H,118,140)(H,119,139)(H,120,146)/t53-,54-,57+,58-,61-,62-,63-,64-,66+,71-,72-/m0/s1. The van der Waals surface area contributed by atoms with Crippen molar-refractivity contribution in [1.82, 2.24) is 115 Å². The Balaban J connectivity index is 1.12. The third-order valence-electron chi connectivity index (χ3n) is 25.0. The molecule has 0 bridgehead atoms. The van der Waals surface area contributed by atoms with Gasteiger partial charge in [-0.25, -0.2) is 13.5 Å². The van der Waals surface area contributed by atoms with Crippen LogP contribution >= 0.6 is 0 Å². The zero-order valence-electron chi connectivity index (χ0n) is 88.7. The Hall–Kier alpha value is -14.3. The largest absolute Gasteiger partial charge is 0.394 e. The van der Waals surface area contributed by atoms with Crippen LogP contribution in [0.5, 0.6) is 0 Å². The van der Waals surface area contributed by atoms with Gasteiger partial charge < -0.3 is 122 Å². The van der Waals surface area contributed by atoms with Crippen molar-refractivity contribution in [3.63, 3.8) is 0 Å². The number of amides is 22. The quantitative estimate of drug-likeness (QED) is 0.0267. The zero-order chi connectivity index (χ0) is 113. The molecule has 0 radical (unpaired) electrons. The van der Waals surface area contributed by atoms with Gasteiger partial charge in [0, 0.05) is 44.5 Å². The Bertz CT molecular complexity index is 5410. The van der Waals surface area contributed by atoms with Crippen LogP contribution in [-0.2, 0) is 117 Å². The highest BCUT2D eigenvalue weighted by atomic mass is 19.2. The number of nitrogens with zero attached hydrogens (tertiary/aromatic N) is 5. The van der Waals surface area contributed by atoms with Gasteiger partial charge >= 0.3 is 0 Å². The van der Waals surface area contributed by atoms with E-state index in [-0.39, 0.29) is 75.3 Å². The second-order valence-corrected chi connectivity index (χ2v) is 42.9. The smallest absolute Gasteiger partial charge is 0.250 e. The van der Waals surface area contributed by atoms with Crippen molar-refractivity contribution in [2.24, 2.45) is 40.9 Å². The molecule has 50 heteroatoms. The highest BCUT2D eigenvalue weighted by Gasteiger charge is 2.49. The number of aliphatic hydroxyl groups is 1. The van der Waals surface area contributed by atoms with Gasteiger partial charge in [0.2, 0.25) is 130 Å². The molecular weight excluding hydrogens is 1930 g/mol. The van der Waals surface area contributed by atoms with Gasteiger partial charge in [-0.2, -0.15) is 0 Å². The lowest BCUT2D eigenvalue weighted by atomic mass is 9.96. The Morgan fingerprint density at radius 2 is 0.878 bits per heavy atom. The molecule has 3 aromatic rings. The number of nitrogens with two attached hydrogens (primary N) is 3. The summed E-state index contributed by atoms with van der Waals surface area (Å²) in [5.74, 6) is -23.4. The molecule has 820 valence electrons. The van der Waals surface area contributed by atoms with Gasteiger partial charge in [0.1, 0.15) is 104 Å². The summed E-state index contributed by atoms with van der Waals surface area (Å²) in [6.45, 7) is 32.7. The molecule has 11 atom stereocenters. The molecule has 22 amide bonds. The third-order valence-corrected chi connectivity index (χ3v) is 25.0. The zero-order valence-corrected chi connectivity index (χ0v) is 88.7. The number of benzene rings is 2. The van der Waals surface area contributed by atoms with Crippen LogP contribution in [0.25, 0.3) is 11.3 Å². The number of nitrogens with one attached hydrogen (secondary N) is 17. The molecule has 0 unspecified atom stereocenters. The summed E-state index contributed by atoms with van der Waals surface area (Å²) in [5, 5.41) is 61.6. The molecular formula is C98H151F2N25O23. The number of carbonyl (C=O) groups is 22. The predicted molar refractivity (Wildman–Crippen MR) is 533 cm³/mol. The summed E-state index contributed by atoms with van der Waals surface area (Å²) in [6, 6.07) is -1.55. The molecule has 24 N–H and O–H groups in total. The van der Waals surface area contributed by atoms with E-state index in [1.165, 1.54) is 138 Å². The molecule has 48 nitrogen and oxygen atoms in total. The van der Waals surface area contributed by atoms with E-state index in [1.807, 2.05) is 0 Å². The molecule has 5 rings (SSSR count). The van der Waals surface area contributed by atoms with Gasteiger partial charge in [-0.15, -0.1) is 5.10 Å². The summed E-state index contributed by atoms with van der Waals surface area (Å²) >= 11 is 0. The van der Waals surface area contributed by atoms with Gasteiger partial charge in [-0.3, -0.25) is 105 Å². The molecule has 2 saturated heterocycles. The van der Waals surface area contributed by atoms with Crippen LogP contribution in [0.15, 0.2) is 54.7 Å². The fraction of sp³-hybridized carbons (Fsp3) is 0.633. The molecule has 2 aromatic carbocycles. The van der Waals surface area contributed by atoms with Crippen LogP contribution in [-0.4, -0.2) is 292 Å². The number of aliphatic hydroxyl groups excluding tert-OH is 1. The Morgan fingerprint density at radius 3 is 1.40 bits per heavy atom. The summed E-state index contributed by atoms with van der Waals surface area (Å²) in [6.07, 6.45) is -0.208. The van der Waals surface area contributed by atoms with E-state index in [9.17, 15) is 119 Å². The third kappa shape index (κ3) is 36.1. The molecule has 0 spiro atoms. The fourth-order valence-corrected chi connectivity index (χ4v) is 15.6. The average Bonchev–Trinajstić information content (AvgIpc) is 1.63. The molecule has 148 heavy (non-hydrogen) atoms. The van der Waals surface area contributed by atoms with E-state index in [0.717, 1.165) is 17.7 Å². The van der Waals surface area contributed by atoms with E-state index >= 15 is 0 Å². The van der Waals surface area contributed by atoms with Crippen LogP contribution < -0.4 is 108 Å². The normalized spacial score (nSPS) is 16.0. The van der Waals surface area contributed by atoms with Crippen molar-refractivity contribution in [1.29, 1.82) is 0 Å². The Kier molecular flexibility index (Phi) is 43.9. The fourth-order valence-electron chi connectivity index (χ4n) is 15.6. The van der Waals surface area contributed by atoms with Gasteiger partial charge in [0.05, 0.1) is 31.3 Å². The second kappa shape index (κ2) is 52.4. The maximum Gasteiger partial charge on any atom is 0.250 e. The summed E-state index contributed by atoms with van der Waals surface area (Å²) in [5.41, 5.74) is 3.36. The Labute approximate surface area is 859 Å². The van der Waals surface area contributed by atoms with Crippen LogP contribution in [0.4, 0.5) is 8.78 Å². The van der Waals surface area contributed by atoms with Crippen molar-refractivity contribution in [2.75, 3.05) is 32.8 Å². The molecule has 2 aliphatic rings. The van der Waals surface area contributed by atoms with Crippen molar-refractivity contribution >= 4 is 130 Å². The van der Waals surface area contributed by atoms with E-state index in [0.29, 0.717) is 6.42 Å². The first-order valence-electron chi connectivity index (χ1n) is 49.0. The first kappa shape index (κ1) is 124. The molecule has 2 aliphatic heterocycles. The summed E-state index contributed by atoms with van der Waals surface area (Å²) in [7, 11) is 0. The van der Waals surface area contributed by atoms with Crippen molar-refractivity contribution < 1.29 is 119 Å². The SMILES string of the molecule is CC(C)C[C@H](NC(=O)CNC(=O)C(C)(C)NC(=O)[C@@H](NC(=O)C(C)(C)NC(=O)[C@H](CCC(N)=O)NC(=O)[C@H](C)NC(=O)C(C)(C)NC(=O)[C@H](C)NC(=O)C(C)(C)NC(=O)[C@@H]1CCN(C(=O)C(C)(C)n2cc(-c3ccc(F)c(F)c3)nn2)C1)C(C)C)C(=O)NC(C)(C)C(=O)N1CCC[C@@H]1C(=O)N[C@H](C(=O)NC(C)(C)C(=O)NC(C)(C)C(=O)N[C@@H](CCC(N)=O)C(=O)N[C@@H](CCC(N)=O)C(=O)N[C@H](CO)Cc1ccccc1)C(C)C. The van der Waals surface area contributed by atoms with Crippen LogP contribution in [0.1, 0.15) is 236 Å². The number of hydrogen-bond donors (Lipinski definition) is 21. The summed E-state index contributed by atoms with van der Waals surface area (Å²) in [4.78, 5) is 305. The highest BCUT2D eigenvalue weighted by molar-refractivity contribution is 6.04. The van der Waals surface area contributed by atoms with Crippen molar-refractivity contribution in [2.45, 2.75) is 342 Å². The number of likely N-dealkylation sites (tertiary alicyclic amines) is 2. The number of carbonyl (C=O) groups excluding carboxylic acids is 22. The maximum absolute atomic E-state index is 14.6. The van der Waals surface area contributed by atoms with Crippen molar-refractivity contribution in [3.05, 3.63) is 71.9 Å². The highest BCUT2D eigenvalue weighted by Crippen LogP contribution is 2.30. The number of aromatic nitrogens is 3. The Morgan fingerprint density at radius 1 is 0.432 bits per heavy atom. The topological polar surface area (TPSA) is 716 Å². The number of primary amides is 3. The minimum absolute atomic E-state index is 0.00165.